The summed E-state index contributed by atoms with van der Waals surface area (Å²) >= 11 is 18.7. The van der Waals surface area contributed by atoms with Gasteiger partial charge in [-0.15, -0.1) is 0 Å². The molecule has 1 aliphatic rings. The van der Waals surface area contributed by atoms with E-state index in [2.05, 4.69) is 12.5 Å². The number of rotatable bonds is 4. The van der Waals surface area contributed by atoms with Gasteiger partial charge in [0.1, 0.15) is 13.1 Å². The SMILES string of the molecule is Cc1c(C(=O)N[N+]2(C)CCCCC2)nn(-c2ccc(Cl)cc2Cl)c1-c1ccc(Cl)cc1.[Cl-]. The minimum Gasteiger partial charge on any atom is -1.00 e. The highest BCUT2D eigenvalue weighted by molar-refractivity contribution is 6.35. The van der Waals surface area contributed by atoms with E-state index in [1.807, 2.05) is 31.2 Å². The summed E-state index contributed by atoms with van der Waals surface area (Å²) in [6, 6.07) is 12.7. The van der Waals surface area contributed by atoms with Crippen LogP contribution in [0.2, 0.25) is 15.1 Å². The van der Waals surface area contributed by atoms with Gasteiger partial charge in [0.05, 0.1) is 23.5 Å². The van der Waals surface area contributed by atoms with Gasteiger partial charge in [0.2, 0.25) is 0 Å². The van der Waals surface area contributed by atoms with E-state index in [9.17, 15) is 4.79 Å². The zero-order valence-corrected chi connectivity index (χ0v) is 20.9. The van der Waals surface area contributed by atoms with Crippen LogP contribution in [0.5, 0.6) is 0 Å². The van der Waals surface area contributed by atoms with Crippen LogP contribution in [0.1, 0.15) is 35.3 Å². The molecule has 0 atom stereocenters. The third-order valence-corrected chi connectivity index (χ3v) is 6.56. The highest BCUT2D eigenvalue weighted by atomic mass is 35.5. The third-order valence-electron chi connectivity index (χ3n) is 5.77. The molecule has 0 spiro atoms. The van der Waals surface area contributed by atoms with E-state index in [-0.39, 0.29) is 18.3 Å². The van der Waals surface area contributed by atoms with Crippen molar-refractivity contribution in [2.45, 2.75) is 26.2 Å². The van der Waals surface area contributed by atoms with Crippen LogP contribution < -0.4 is 17.8 Å². The lowest BCUT2D eigenvalue weighted by atomic mass is 10.1. The minimum atomic E-state index is -0.194. The highest BCUT2D eigenvalue weighted by Crippen LogP contribution is 2.33. The number of quaternary nitrogens is 1. The molecule has 3 aromatic rings. The molecule has 32 heavy (non-hydrogen) atoms. The predicted molar refractivity (Wildman–Crippen MR) is 126 cm³/mol. The van der Waals surface area contributed by atoms with E-state index in [1.165, 1.54) is 6.42 Å². The molecule has 0 unspecified atom stereocenters. The molecule has 1 saturated heterocycles. The van der Waals surface area contributed by atoms with Crippen molar-refractivity contribution >= 4 is 40.7 Å². The largest absolute Gasteiger partial charge is 1.00 e. The number of nitrogens with one attached hydrogen (secondary N) is 1. The average molecular weight is 514 g/mol. The molecule has 0 bridgehead atoms. The summed E-state index contributed by atoms with van der Waals surface area (Å²) in [6.07, 6.45) is 3.40. The van der Waals surface area contributed by atoms with E-state index in [4.69, 9.17) is 39.9 Å². The van der Waals surface area contributed by atoms with E-state index in [0.29, 0.717) is 31.0 Å². The van der Waals surface area contributed by atoms with Gasteiger partial charge in [-0.2, -0.15) is 10.5 Å². The van der Waals surface area contributed by atoms with E-state index < -0.39 is 0 Å². The van der Waals surface area contributed by atoms with Crippen LogP contribution in [0, 0.1) is 6.92 Å². The fourth-order valence-corrected chi connectivity index (χ4v) is 4.72. The second kappa shape index (κ2) is 10.0. The minimum absolute atomic E-state index is 0. The number of carbonyl (C=O) groups is 1. The van der Waals surface area contributed by atoms with Gasteiger partial charge in [-0.3, -0.25) is 4.79 Å². The topological polar surface area (TPSA) is 46.9 Å². The summed E-state index contributed by atoms with van der Waals surface area (Å²) in [5.41, 5.74) is 6.65. The van der Waals surface area contributed by atoms with Gasteiger partial charge in [-0.1, -0.05) is 46.9 Å². The van der Waals surface area contributed by atoms with Crippen molar-refractivity contribution in [2.24, 2.45) is 0 Å². The number of halogens is 4. The molecule has 0 saturated carbocycles. The van der Waals surface area contributed by atoms with Crippen molar-refractivity contribution in [1.29, 1.82) is 0 Å². The lowest BCUT2D eigenvalue weighted by molar-refractivity contribution is -0.947. The molecule has 0 aliphatic carbocycles. The summed E-state index contributed by atoms with van der Waals surface area (Å²) < 4.78 is 2.23. The van der Waals surface area contributed by atoms with E-state index in [0.717, 1.165) is 42.8 Å². The Labute approximate surface area is 209 Å². The third kappa shape index (κ3) is 5.08. The highest BCUT2D eigenvalue weighted by Gasteiger charge is 2.31. The normalized spacial score (nSPS) is 15.2. The van der Waals surface area contributed by atoms with Crippen molar-refractivity contribution in [2.75, 3.05) is 20.1 Å². The van der Waals surface area contributed by atoms with Crippen molar-refractivity contribution in [3.8, 4) is 16.9 Å². The Morgan fingerprint density at radius 1 is 1.00 bits per heavy atom. The Morgan fingerprint density at radius 2 is 1.62 bits per heavy atom. The summed E-state index contributed by atoms with van der Waals surface area (Å²) in [6.45, 7) is 3.74. The number of amides is 1. The predicted octanol–water partition coefficient (Wildman–Crippen LogP) is 3.09. The zero-order chi connectivity index (χ0) is 22.2. The number of hydrogen-bond acceptors (Lipinski definition) is 2. The number of aromatic nitrogens is 2. The molecule has 2 heterocycles. The smallest absolute Gasteiger partial charge is 0.316 e. The molecule has 1 N–H and O–H groups in total. The summed E-state index contributed by atoms with van der Waals surface area (Å²) in [7, 11) is 2.06. The lowest BCUT2D eigenvalue weighted by Crippen LogP contribution is -3.00. The Hall–Kier alpha value is -1.76. The van der Waals surface area contributed by atoms with Gasteiger partial charge in [0.25, 0.3) is 0 Å². The molecule has 0 radical (unpaired) electrons. The van der Waals surface area contributed by atoms with Crippen molar-refractivity contribution in [1.82, 2.24) is 15.2 Å². The number of likely N-dealkylation sites (tertiary alicyclic amines) is 1. The fraction of sp³-hybridized carbons (Fsp3) is 0.304. The van der Waals surface area contributed by atoms with E-state index in [1.54, 1.807) is 22.9 Å². The van der Waals surface area contributed by atoms with Gasteiger partial charge in [0, 0.05) is 21.2 Å². The van der Waals surface area contributed by atoms with Crippen LogP contribution in [0.15, 0.2) is 42.5 Å². The summed E-state index contributed by atoms with van der Waals surface area (Å²) in [5, 5.41) is 6.32. The van der Waals surface area contributed by atoms with Gasteiger partial charge < -0.3 is 12.4 Å². The first-order valence-electron chi connectivity index (χ1n) is 10.3. The monoisotopic (exact) mass is 512 g/mol. The van der Waals surface area contributed by atoms with Crippen LogP contribution in [-0.2, 0) is 0 Å². The Kier molecular flexibility index (Phi) is 7.79. The quantitative estimate of drug-likeness (QED) is 0.545. The summed E-state index contributed by atoms with van der Waals surface area (Å²) in [4.78, 5) is 13.3. The first kappa shape index (κ1) is 24.9. The molecular weight excluding hydrogens is 490 g/mol. The molecule has 1 aromatic heterocycles. The second-order valence-corrected chi connectivity index (χ2v) is 9.46. The number of piperidine rings is 1. The van der Waals surface area contributed by atoms with Crippen LogP contribution in [0.3, 0.4) is 0 Å². The molecular formula is C23H24Cl4N4O. The number of benzene rings is 2. The van der Waals surface area contributed by atoms with Crippen LogP contribution >= 0.6 is 34.8 Å². The molecule has 170 valence electrons. The fourth-order valence-electron chi connectivity index (χ4n) is 4.11. The first-order chi connectivity index (χ1) is 14.8. The molecule has 2 aromatic carbocycles. The molecule has 5 nitrogen and oxygen atoms in total. The zero-order valence-electron chi connectivity index (χ0n) is 17.8. The van der Waals surface area contributed by atoms with Crippen molar-refractivity contribution in [3.05, 3.63) is 68.8 Å². The van der Waals surface area contributed by atoms with Crippen molar-refractivity contribution < 1.29 is 21.8 Å². The second-order valence-electron chi connectivity index (χ2n) is 8.18. The number of nitrogens with zero attached hydrogens (tertiary/aromatic N) is 3. The molecule has 1 fully saturated rings. The van der Waals surface area contributed by atoms with E-state index >= 15 is 0 Å². The van der Waals surface area contributed by atoms with Crippen LogP contribution in [-0.4, -0.2) is 40.4 Å². The lowest BCUT2D eigenvalue weighted by Gasteiger charge is -2.36. The van der Waals surface area contributed by atoms with Crippen LogP contribution in [0.4, 0.5) is 0 Å². The maximum absolute atomic E-state index is 13.3. The van der Waals surface area contributed by atoms with Gasteiger partial charge in [-0.05, 0) is 56.5 Å². The molecule has 1 aliphatic heterocycles. The van der Waals surface area contributed by atoms with Gasteiger partial charge >= 0.3 is 5.91 Å². The first-order valence-corrected chi connectivity index (χ1v) is 11.4. The maximum atomic E-state index is 13.3. The van der Waals surface area contributed by atoms with Gasteiger partial charge in [-0.25, -0.2) is 9.27 Å². The van der Waals surface area contributed by atoms with Gasteiger partial charge in [0.15, 0.2) is 5.69 Å². The number of carbonyl (C=O) groups excluding carboxylic acids is 1. The van der Waals surface area contributed by atoms with Crippen molar-refractivity contribution in [3.63, 3.8) is 0 Å². The number of hydrogen-bond donors (Lipinski definition) is 1. The Balaban J connectivity index is 0.00000289. The van der Waals surface area contributed by atoms with Crippen LogP contribution in [0.25, 0.3) is 16.9 Å². The standard InChI is InChI=1S/C23H23Cl3N4O.ClH/c1-15-21(23(31)28-30(2)12-4-3-5-13-30)27-29(20-11-10-18(25)14-19(20)26)22(15)16-6-8-17(24)9-7-16;/h6-11,14H,3-5,12-13H2,1-2H3;1H. The molecule has 9 heteroatoms. The Bertz CT molecular complexity index is 1120. The average Bonchev–Trinajstić information content (AvgIpc) is 3.06. The molecule has 4 rings (SSSR count). The Morgan fingerprint density at radius 3 is 2.25 bits per heavy atom. The molecule has 1 amide bonds. The maximum Gasteiger partial charge on any atom is 0.316 e. The summed E-state index contributed by atoms with van der Waals surface area (Å²) in [5.74, 6) is -0.194.